The summed E-state index contributed by atoms with van der Waals surface area (Å²) >= 11 is 9.09. The van der Waals surface area contributed by atoms with Crippen molar-refractivity contribution in [1.82, 2.24) is 5.16 Å². The van der Waals surface area contributed by atoms with E-state index >= 15 is 0 Å². The number of aromatic nitrogens is 1. The minimum absolute atomic E-state index is 0.0838. The van der Waals surface area contributed by atoms with Crippen LogP contribution in [0.4, 0.5) is 0 Å². The molecule has 0 saturated carbocycles. The van der Waals surface area contributed by atoms with E-state index in [0.29, 0.717) is 21.0 Å². The van der Waals surface area contributed by atoms with Crippen LogP contribution in [0.2, 0.25) is 5.02 Å². The van der Waals surface area contributed by atoms with Gasteiger partial charge in [-0.3, -0.25) is 0 Å². The Hall–Kier alpha value is -1.53. The lowest BCUT2D eigenvalue weighted by molar-refractivity contribution is 0.0685. The van der Waals surface area contributed by atoms with E-state index in [9.17, 15) is 4.79 Å². The van der Waals surface area contributed by atoms with Gasteiger partial charge in [0.05, 0.1) is 4.47 Å². The van der Waals surface area contributed by atoms with Gasteiger partial charge in [-0.15, -0.1) is 0 Å². The maximum absolute atomic E-state index is 10.6. The molecule has 0 fully saturated rings. The van der Waals surface area contributed by atoms with Crippen LogP contribution in [-0.4, -0.2) is 16.2 Å². The monoisotopic (exact) mass is 331 g/mol. The number of benzene rings is 1. The van der Waals surface area contributed by atoms with Gasteiger partial charge in [-0.2, -0.15) is 0 Å². The smallest absolute Gasteiger partial charge is 0.358 e. The zero-order valence-electron chi connectivity index (χ0n) is 8.89. The second-order valence-corrected chi connectivity index (χ2v) is 4.64. The Balaban J connectivity index is 2.04. The minimum Gasteiger partial charge on any atom is -0.484 e. The van der Waals surface area contributed by atoms with Gasteiger partial charge in [0, 0.05) is 11.1 Å². The van der Waals surface area contributed by atoms with E-state index in [1.807, 2.05) is 0 Å². The topological polar surface area (TPSA) is 72.6 Å². The summed E-state index contributed by atoms with van der Waals surface area (Å²) in [5.74, 6) is -0.236. The van der Waals surface area contributed by atoms with Crippen molar-refractivity contribution in [2.24, 2.45) is 0 Å². The Morgan fingerprint density at radius 3 is 2.89 bits per heavy atom. The van der Waals surface area contributed by atoms with Crippen molar-refractivity contribution in [1.29, 1.82) is 0 Å². The van der Waals surface area contributed by atoms with Gasteiger partial charge in [0.1, 0.15) is 12.4 Å². The summed E-state index contributed by atoms with van der Waals surface area (Å²) in [5, 5.41) is 12.6. The Morgan fingerprint density at radius 2 is 2.28 bits per heavy atom. The molecule has 2 rings (SSSR count). The van der Waals surface area contributed by atoms with Crippen LogP contribution in [0, 0.1) is 0 Å². The number of nitrogens with zero attached hydrogens (tertiary/aromatic N) is 1. The standard InChI is InChI=1S/C11H7BrClNO4/c12-8-3-6(13)1-2-10(8)17-5-7-4-9(11(15)16)14-18-7/h1-4H,5H2,(H,15,16). The second kappa shape index (κ2) is 5.41. The normalized spacial score (nSPS) is 10.3. The molecule has 18 heavy (non-hydrogen) atoms. The fraction of sp³-hybridized carbons (Fsp3) is 0.0909. The van der Waals surface area contributed by atoms with Gasteiger partial charge in [0.25, 0.3) is 0 Å². The summed E-state index contributed by atoms with van der Waals surface area (Å²) < 4.78 is 11.0. The number of rotatable bonds is 4. The molecule has 0 aliphatic heterocycles. The van der Waals surface area contributed by atoms with Gasteiger partial charge in [-0.05, 0) is 34.1 Å². The largest absolute Gasteiger partial charge is 0.484 e. The molecule has 0 radical (unpaired) electrons. The van der Waals surface area contributed by atoms with Crippen molar-refractivity contribution in [2.75, 3.05) is 0 Å². The number of ether oxygens (including phenoxy) is 1. The van der Waals surface area contributed by atoms with Crippen molar-refractivity contribution >= 4 is 33.5 Å². The van der Waals surface area contributed by atoms with Crippen molar-refractivity contribution in [3.05, 3.63) is 45.2 Å². The summed E-state index contributed by atoms with van der Waals surface area (Å²) in [4.78, 5) is 10.6. The highest BCUT2D eigenvalue weighted by Crippen LogP contribution is 2.28. The predicted octanol–water partition coefficient (Wildman–Crippen LogP) is 3.37. The van der Waals surface area contributed by atoms with Gasteiger partial charge in [0.15, 0.2) is 11.5 Å². The van der Waals surface area contributed by atoms with Crippen LogP contribution >= 0.6 is 27.5 Å². The lowest BCUT2D eigenvalue weighted by atomic mass is 10.3. The molecule has 94 valence electrons. The number of hydrogen-bond donors (Lipinski definition) is 1. The number of carboxylic acid groups (broad SMARTS) is 1. The van der Waals surface area contributed by atoms with E-state index < -0.39 is 5.97 Å². The Bertz CT molecular complexity index is 584. The van der Waals surface area contributed by atoms with Crippen LogP contribution in [-0.2, 0) is 6.61 Å². The molecule has 1 heterocycles. The summed E-state index contributed by atoms with van der Waals surface area (Å²) in [6.07, 6.45) is 0. The number of carbonyl (C=O) groups is 1. The third kappa shape index (κ3) is 3.02. The lowest BCUT2D eigenvalue weighted by Gasteiger charge is -2.05. The lowest BCUT2D eigenvalue weighted by Crippen LogP contribution is -1.96. The number of aromatic carboxylic acids is 1. The molecule has 0 spiro atoms. The maximum atomic E-state index is 10.6. The first kappa shape index (κ1) is 12.9. The molecule has 0 aliphatic rings. The number of carboxylic acids is 1. The Morgan fingerprint density at radius 1 is 1.50 bits per heavy atom. The molecule has 2 aromatic rings. The van der Waals surface area contributed by atoms with Crippen LogP contribution in [0.1, 0.15) is 16.2 Å². The first-order valence-electron chi connectivity index (χ1n) is 4.83. The van der Waals surface area contributed by atoms with E-state index in [2.05, 4.69) is 21.1 Å². The van der Waals surface area contributed by atoms with E-state index in [4.69, 9.17) is 26.0 Å². The zero-order valence-corrected chi connectivity index (χ0v) is 11.2. The average molecular weight is 333 g/mol. The van der Waals surface area contributed by atoms with Crippen molar-refractivity contribution < 1.29 is 19.2 Å². The van der Waals surface area contributed by atoms with E-state index in [1.54, 1.807) is 18.2 Å². The molecule has 0 amide bonds. The summed E-state index contributed by atoms with van der Waals surface area (Å²) in [6.45, 7) is 0.0838. The molecule has 1 N–H and O–H groups in total. The first-order valence-corrected chi connectivity index (χ1v) is 6.00. The quantitative estimate of drug-likeness (QED) is 0.929. The van der Waals surface area contributed by atoms with E-state index in [1.165, 1.54) is 6.07 Å². The number of hydrogen-bond acceptors (Lipinski definition) is 4. The molecule has 0 bridgehead atoms. The number of halogens is 2. The highest BCUT2D eigenvalue weighted by Gasteiger charge is 2.11. The highest BCUT2D eigenvalue weighted by atomic mass is 79.9. The van der Waals surface area contributed by atoms with Crippen LogP contribution < -0.4 is 4.74 Å². The predicted molar refractivity (Wildman–Crippen MR) is 66.9 cm³/mol. The van der Waals surface area contributed by atoms with Gasteiger partial charge >= 0.3 is 5.97 Å². The van der Waals surface area contributed by atoms with Gasteiger partial charge in [-0.1, -0.05) is 16.8 Å². The molecule has 1 aromatic carbocycles. The Kier molecular flexibility index (Phi) is 3.88. The summed E-state index contributed by atoms with van der Waals surface area (Å²) in [6, 6.07) is 6.39. The highest BCUT2D eigenvalue weighted by molar-refractivity contribution is 9.10. The van der Waals surface area contributed by atoms with Crippen LogP contribution in [0.5, 0.6) is 5.75 Å². The van der Waals surface area contributed by atoms with Crippen molar-refractivity contribution in [3.63, 3.8) is 0 Å². The molecule has 7 heteroatoms. The van der Waals surface area contributed by atoms with Crippen LogP contribution in [0.3, 0.4) is 0 Å². The third-order valence-electron chi connectivity index (χ3n) is 2.04. The first-order chi connectivity index (χ1) is 8.56. The molecule has 1 aromatic heterocycles. The molecule has 0 saturated heterocycles. The summed E-state index contributed by atoms with van der Waals surface area (Å²) in [7, 11) is 0. The SMILES string of the molecule is O=C(O)c1cc(COc2ccc(Cl)cc2Br)on1. The van der Waals surface area contributed by atoms with E-state index in [-0.39, 0.29) is 12.3 Å². The zero-order chi connectivity index (χ0) is 13.1. The maximum Gasteiger partial charge on any atom is 0.358 e. The Labute approximate surface area is 115 Å². The fourth-order valence-electron chi connectivity index (χ4n) is 1.22. The van der Waals surface area contributed by atoms with Gasteiger partial charge in [0.2, 0.25) is 0 Å². The summed E-state index contributed by atoms with van der Waals surface area (Å²) in [5.41, 5.74) is -0.149. The minimum atomic E-state index is -1.14. The molecule has 0 unspecified atom stereocenters. The second-order valence-electron chi connectivity index (χ2n) is 3.35. The van der Waals surface area contributed by atoms with Crippen LogP contribution in [0.15, 0.2) is 33.3 Å². The van der Waals surface area contributed by atoms with Gasteiger partial charge < -0.3 is 14.4 Å². The third-order valence-corrected chi connectivity index (χ3v) is 2.90. The fourth-order valence-corrected chi connectivity index (χ4v) is 2.02. The molecule has 0 atom stereocenters. The van der Waals surface area contributed by atoms with Gasteiger partial charge in [-0.25, -0.2) is 4.79 Å². The molecule has 0 aliphatic carbocycles. The average Bonchev–Trinajstić information content (AvgIpc) is 2.76. The molecular formula is C11H7BrClNO4. The van der Waals surface area contributed by atoms with Crippen molar-refractivity contribution in [2.45, 2.75) is 6.61 Å². The van der Waals surface area contributed by atoms with E-state index in [0.717, 1.165) is 0 Å². The van der Waals surface area contributed by atoms with Crippen molar-refractivity contribution in [3.8, 4) is 5.75 Å². The molecule has 5 nitrogen and oxygen atoms in total. The molecular weight excluding hydrogens is 325 g/mol. The van der Waals surface area contributed by atoms with Crippen LogP contribution in [0.25, 0.3) is 0 Å².